The fourth-order valence-electron chi connectivity index (χ4n) is 3.41. The summed E-state index contributed by atoms with van der Waals surface area (Å²) in [6.07, 6.45) is 5.61. The van der Waals surface area contributed by atoms with E-state index in [4.69, 9.17) is 4.99 Å². The van der Waals surface area contributed by atoms with Crippen LogP contribution in [0.1, 0.15) is 60.3 Å². The van der Waals surface area contributed by atoms with Crippen LogP contribution in [-0.4, -0.2) is 45.5 Å². The number of rotatable bonds is 7. The summed E-state index contributed by atoms with van der Waals surface area (Å²) in [5.74, 6) is 2.58. The number of halogens is 1. The molecule has 0 aromatic heterocycles. The molecule has 25 heavy (non-hydrogen) atoms. The molecule has 0 spiro atoms. The molecule has 1 saturated carbocycles. The van der Waals surface area contributed by atoms with Gasteiger partial charge in [0.25, 0.3) is 0 Å². The molecule has 2 unspecified atom stereocenters. The van der Waals surface area contributed by atoms with Crippen LogP contribution in [0.3, 0.4) is 0 Å². The van der Waals surface area contributed by atoms with Gasteiger partial charge in [-0.15, -0.1) is 24.0 Å². The maximum atomic E-state index is 11.4. The van der Waals surface area contributed by atoms with Crippen molar-refractivity contribution >= 4 is 39.8 Å². The Balaban J connectivity index is 0.00000576. The maximum Gasteiger partial charge on any atom is 0.191 e. The number of nitrogens with one attached hydrogen (secondary N) is 2. The first-order valence-corrected chi connectivity index (χ1v) is 11.3. The largest absolute Gasteiger partial charge is 0.357 e. The zero-order valence-electron chi connectivity index (χ0n) is 16.8. The molecule has 0 aromatic carbocycles. The van der Waals surface area contributed by atoms with Crippen molar-refractivity contribution in [3.05, 3.63) is 0 Å². The molecule has 2 atom stereocenters. The van der Waals surface area contributed by atoms with Gasteiger partial charge in [-0.05, 0) is 49.9 Å². The number of guanidine groups is 1. The van der Waals surface area contributed by atoms with E-state index in [0.717, 1.165) is 24.3 Å². The predicted molar refractivity (Wildman–Crippen MR) is 119 cm³/mol. The van der Waals surface area contributed by atoms with Gasteiger partial charge in [-0.2, -0.15) is 0 Å². The second-order valence-corrected chi connectivity index (χ2v) is 10.8. The Bertz CT molecular complexity index is 510. The number of sulfone groups is 1. The van der Waals surface area contributed by atoms with E-state index in [1.54, 1.807) is 0 Å². The standard InChI is InChI=1S/C18H37N3O2S.HI/c1-7-19-17(21-16-11-14(2)10-15(3)12-16)20-13-18(4,5)8-9-24(6,22)23;/h14-16H,7-13H2,1-6H3,(H2,19,20,21);1H. The SMILES string of the molecule is CCNC(=NCC(C)(C)CCS(C)(=O)=O)NC1CC(C)CC(C)C1.I. The maximum absolute atomic E-state index is 11.4. The zero-order valence-corrected chi connectivity index (χ0v) is 19.9. The van der Waals surface area contributed by atoms with Crippen molar-refractivity contribution in [3.8, 4) is 0 Å². The lowest BCUT2D eigenvalue weighted by Gasteiger charge is -2.33. The van der Waals surface area contributed by atoms with Crippen LogP contribution in [0, 0.1) is 17.3 Å². The van der Waals surface area contributed by atoms with E-state index >= 15 is 0 Å². The molecule has 0 amide bonds. The van der Waals surface area contributed by atoms with Gasteiger partial charge in [0.15, 0.2) is 5.96 Å². The molecule has 0 aliphatic heterocycles. The molecule has 1 fully saturated rings. The molecule has 1 aliphatic rings. The van der Waals surface area contributed by atoms with E-state index in [9.17, 15) is 8.42 Å². The first-order valence-electron chi connectivity index (χ1n) is 9.23. The second-order valence-electron chi connectivity index (χ2n) is 8.50. The molecular weight excluding hydrogens is 449 g/mol. The Labute approximate surface area is 172 Å². The van der Waals surface area contributed by atoms with Gasteiger partial charge >= 0.3 is 0 Å². The van der Waals surface area contributed by atoms with Crippen molar-refractivity contribution in [2.75, 3.05) is 25.1 Å². The van der Waals surface area contributed by atoms with Crippen LogP contribution in [0.15, 0.2) is 4.99 Å². The number of nitrogens with zero attached hydrogens (tertiary/aromatic N) is 1. The van der Waals surface area contributed by atoms with Crippen molar-refractivity contribution in [3.63, 3.8) is 0 Å². The van der Waals surface area contributed by atoms with Gasteiger partial charge < -0.3 is 10.6 Å². The summed E-state index contributed by atoms with van der Waals surface area (Å²) >= 11 is 0. The minimum Gasteiger partial charge on any atom is -0.357 e. The molecule has 0 heterocycles. The lowest BCUT2D eigenvalue weighted by atomic mass is 9.80. The predicted octanol–water partition coefficient (Wildman–Crippen LogP) is 3.45. The summed E-state index contributed by atoms with van der Waals surface area (Å²) in [4.78, 5) is 4.73. The highest BCUT2D eigenvalue weighted by Crippen LogP contribution is 2.28. The Morgan fingerprint density at radius 1 is 1.16 bits per heavy atom. The molecule has 0 saturated heterocycles. The van der Waals surface area contributed by atoms with Crippen LogP contribution < -0.4 is 10.6 Å². The molecule has 1 rings (SSSR count). The molecule has 2 N–H and O–H groups in total. The fraction of sp³-hybridized carbons (Fsp3) is 0.944. The van der Waals surface area contributed by atoms with Crippen LogP contribution in [0.4, 0.5) is 0 Å². The monoisotopic (exact) mass is 487 g/mol. The van der Waals surface area contributed by atoms with Crippen molar-refractivity contribution in [1.82, 2.24) is 10.6 Å². The number of hydrogen-bond acceptors (Lipinski definition) is 3. The van der Waals surface area contributed by atoms with Gasteiger partial charge in [-0.1, -0.05) is 27.7 Å². The Morgan fingerprint density at radius 2 is 1.72 bits per heavy atom. The third kappa shape index (κ3) is 11.3. The van der Waals surface area contributed by atoms with Crippen molar-refractivity contribution in [1.29, 1.82) is 0 Å². The van der Waals surface area contributed by atoms with Crippen molar-refractivity contribution in [2.24, 2.45) is 22.2 Å². The molecular formula is C18H38IN3O2S. The Kier molecular flexibility index (Phi) is 10.9. The van der Waals surface area contributed by atoms with E-state index in [0.29, 0.717) is 19.0 Å². The average molecular weight is 487 g/mol. The molecule has 0 aromatic rings. The summed E-state index contributed by atoms with van der Waals surface area (Å²) in [6.45, 7) is 12.3. The topological polar surface area (TPSA) is 70.6 Å². The van der Waals surface area contributed by atoms with Gasteiger partial charge in [0.2, 0.25) is 0 Å². The molecule has 5 nitrogen and oxygen atoms in total. The lowest BCUT2D eigenvalue weighted by Crippen LogP contribution is -2.46. The molecule has 150 valence electrons. The highest BCUT2D eigenvalue weighted by molar-refractivity contribution is 14.0. The Morgan fingerprint density at radius 3 is 2.20 bits per heavy atom. The summed E-state index contributed by atoms with van der Waals surface area (Å²) < 4.78 is 22.8. The van der Waals surface area contributed by atoms with Crippen LogP contribution in [0.2, 0.25) is 0 Å². The zero-order chi connectivity index (χ0) is 18.4. The minimum atomic E-state index is -2.92. The summed E-state index contributed by atoms with van der Waals surface area (Å²) in [5, 5.41) is 6.91. The summed E-state index contributed by atoms with van der Waals surface area (Å²) in [5.41, 5.74) is -0.126. The average Bonchev–Trinajstić information content (AvgIpc) is 2.41. The van der Waals surface area contributed by atoms with Gasteiger partial charge in [0.1, 0.15) is 9.84 Å². The summed E-state index contributed by atoms with van der Waals surface area (Å²) in [6, 6.07) is 0.473. The minimum absolute atomic E-state index is 0. The van der Waals surface area contributed by atoms with Gasteiger partial charge in [0, 0.05) is 25.4 Å². The fourth-order valence-corrected chi connectivity index (χ4v) is 4.34. The highest BCUT2D eigenvalue weighted by atomic mass is 127. The smallest absolute Gasteiger partial charge is 0.191 e. The van der Waals surface area contributed by atoms with E-state index in [1.165, 1.54) is 25.5 Å². The second kappa shape index (κ2) is 10.9. The lowest BCUT2D eigenvalue weighted by molar-refractivity contribution is 0.254. The summed E-state index contributed by atoms with van der Waals surface area (Å²) in [7, 11) is -2.92. The van der Waals surface area contributed by atoms with Gasteiger partial charge in [-0.3, -0.25) is 4.99 Å². The number of aliphatic imine (C=N–C) groups is 1. The number of hydrogen-bond donors (Lipinski definition) is 2. The normalized spacial score (nSPS) is 25.2. The molecule has 0 radical (unpaired) electrons. The van der Waals surface area contributed by atoms with Crippen LogP contribution in [-0.2, 0) is 9.84 Å². The first-order chi connectivity index (χ1) is 11.0. The third-order valence-electron chi connectivity index (χ3n) is 4.68. The van der Waals surface area contributed by atoms with Gasteiger partial charge in [-0.25, -0.2) is 8.42 Å². The van der Waals surface area contributed by atoms with E-state index < -0.39 is 9.84 Å². The van der Waals surface area contributed by atoms with Crippen molar-refractivity contribution < 1.29 is 8.42 Å². The van der Waals surface area contributed by atoms with Crippen molar-refractivity contribution in [2.45, 2.75) is 66.3 Å². The highest BCUT2D eigenvalue weighted by Gasteiger charge is 2.25. The quantitative estimate of drug-likeness (QED) is 0.328. The molecule has 0 bridgehead atoms. The van der Waals surface area contributed by atoms with E-state index in [1.807, 2.05) is 0 Å². The Hall–Kier alpha value is -0.0500. The van der Waals surface area contributed by atoms with E-state index in [-0.39, 0.29) is 35.1 Å². The van der Waals surface area contributed by atoms with Crippen LogP contribution in [0.5, 0.6) is 0 Å². The van der Waals surface area contributed by atoms with Gasteiger partial charge in [0.05, 0.1) is 5.75 Å². The molecule has 7 heteroatoms. The third-order valence-corrected chi connectivity index (χ3v) is 5.62. The molecule has 1 aliphatic carbocycles. The van der Waals surface area contributed by atoms with E-state index in [2.05, 4.69) is 45.3 Å². The first kappa shape index (κ1) is 24.9. The van der Waals surface area contributed by atoms with Crippen LogP contribution >= 0.6 is 24.0 Å². The van der Waals surface area contributed by atoms with Crippen LogP contribution in [0.25, 0.3) is 0 Å².